The molecule has 4 aromatic rings. The van der Waals surface area contributed by atoms with Gasteiger partial charge in [-0.15, -0.1) is 0 Å². The number of anilines is 3. The second kappa shape index (κ2) is 9.23. The Labute approximate surface area is 196 Å². The predicted octanol–water partition coefficient (Wildman–Crippen LogP) is 5.46. The van der Waals surface area contributed by atoms with Crippen molar-refractivity contribution < 1.29 is 13.6 Å². The van der Waals surface area contributed by atoms with Crippen LogP contribution in [-0.4, -0.2) is 47.3 Å². The van der Waals surface area contributed by atoms with Crippen LogP contribution < -0.4 is 10.6 Å². The van der Waals surface area contributed by atoms with Crippen LogP contribution in [0.3, 0.4) is 0 Å². The van der Waals surface area contributed by atoms with Gasteiger partial charge in [0.15, 0.2) is 5.82 Å². The largest absolute Gasteiger partial charge is 0.353 e. The monoisotopic (exact) mass is 461 g/mol. The van der Waals surface area contributed by atoms with E-state index >= 15 is 0 Å². The number of carbonyl (C=O) groups excluding carboxylic acids is 1. The number of benzene rings is 3. The Kier molecular flexibility index (Phi) is 5.98. The van der Waals surface area contributed by atoms with Crippen molar-refractivity contribution >= 4 is 34.0 Å². The maximum Gasteiger partial charge on any atom is 0.257 e. The zero-order valence-electron chi connectivity index (χ0n) is 18.7. The van der Waals surface area contributed by atoms with Crippen LogP contribution in [0.1, 0.15) is 28.3 Å². The maximum atomic E-state index is 14.8. The summed E-state index contributed by atoms with van der Waals surface area (Å²) in [5, 5.41) is 13.8. The zero-order chi connectivity index (χ0) is 23.7. The molecule has 1 aliphatic heterocycles. The highest BCUT2D eigenvalue weighted by Crippen LogP contribution is 2.33. The van der Waals surface area contributed by atoms with Crippen molar-refractivity contribution in [2.45, 2.75) is 18.5 Å². The fourth-order valence-corrected chi connectivity index (χ4v) is 4.52. The van der Waals surface area contributed by atoms with Crippen LogP contribution in [0, 0.1) is 5.82 Å². The van der Waals surface area contributed by atoms with Crippen molar-refractivity contribution in [2.24, 2.45) is 0 Å². The SMILES string of the molecule is CN1CC[C@@H](c2ccccc2C(=O)Nc2n[nH]c3cc(Nc4ccccc4F)ccc23)[C@@H](F)C1. The molecular formula is C26H25F2N5O. The van der Waals surface area contributed by atoms with E-state index in [0.29, 0.717) is 46.6 Å². The van der Waals surface area contributed by atoms with E-state index in [2.05, 4.69) is 20.8 Å². The van der Waals surface area contributed by atoms with Gasteiger partial charge in [0.2, 0.25) is 0 Å². The predicted molar refractivity (Wildman–Crippen MR) is 130 cm³/mol. The lowest BCUT2D eigenvalue weighted by molar-refractivity contribution is 0.102. The number of nitrogens with zero attached hydrogens (tertiary/aromatic N) is 2. The molecule has 1 fully saturated rings. The molecule has 174 valence electrons. The molecule has 2 atom stereocenters. The van der Waals surface area contributed by atoms with E-state index in [1.807, 2.05) is 24.1 Å². The molecule has 5 rings (SSSR count). The van der Waals surface area contributed by atoms with Gasteiger partial charge < -0.3 is 15.5 Å². The molecule has 0 aliphatic carbocycles. The number of likely N-dealkylation sites (tertiary alicyclic amines) is 1. The van der Waals surface area contributed by atoms with Gasteiger partial charge in [-0.25, -0.2) is 8.78 Å². The Morgan fingerprint density at radius 1 is 1.12 bits per heavy atom. The number of nitrogens with one attached hydrogen (secondary N) is 3. The minimum atomic E-state index is -1.03. The van der Waals surface area contributed by atoms with Crippen molar-refractivity contribution in [3.63, 3.8) is 0 Å². The number of para-hydroxylation sites is 1. The molecule has 0 unspecified atom stereocenters. The average molecular weight is 462 g/mol. The highest BCUT2D eigenvalue weighted by atomic mass is 19.1. The molecule has 1 aliphatic rings. The number of fused-ring (bicyclic) bond motifs is 1. The fraction of sp³-hybridized carbons (Fsp3) is 0.231. The Bertz CT molecular complexity index is 1340. The molecule has 0 saturated carbocycles. The molecule has 1 saturated heterocycles. The quantitative estimate of drug-likeness (QED) is 0.369. The van der Waals surface area contributed by atoms with Gasteiger partial charge in [-0.2, -0.15) is 5.10 Å². The van der Waals surface area contributed by atoms with Gasteiger partial charge in [-0.05, 0) is 62.0 Å². The molecule has 0 bridgehead atoms. The first-order valence-electron chi connectivity index (χ1n) is 11.2. The van der Waals surface area contributed by atoms with E-state index in [-0.39, 0.29) is 17.6 Å². The number of carbonyl (C=O) groups is 1. The van der Waals surface area contributed by atoms with Crippen LogP contribution in [0.25, 0.3) is 10.9 Å². The van der Waals surface area contributed by atoms with Crippen LogP contribution in [0.5, 0.6) is 0 Å². The van der Waals surface area contributed by atoms with E-state index in [9.17, 15) is 13.6 Å². The maximum absolute atomic E-state index is 14.8. The summed E-state index contributed by atoms with van der Waals surface area (Å²) >= 11 is 0. The smallest absolute Gasteiger partial charge is 0.257 e. The Hall–Kier alpha value is -3.78. The topological polar surface area (TPSA) is 73.0 Å². The van der Waals surface area contributed by atoms with Crippen molar-refractivity contribution in [3.8, 4) is 0 Å². The minimum Gasteiger partial charge on any atom is -0.353 e. The molecule has 0 radical (unpaired) electrons. The third kappa shape index (κ3) is 4.36. The lowest BCUT2D eigenvalue weighted by Gasteiger charge is -2.33. The number of amides is 1. The Morgan fingerprint density at radius 3 is 2.74 bits per heavy atom. The number of halogens is 2. The van der Waals surface area contributed by atoms with Crippen LogP contribution >= 0.6 is 0 Å². The molecule has 34 heavy (non-hydrogen) atoms. The van der Waals surface area contributed by atoms with Gasteiger partial charge in [0.05, 0.1) is 11.2 Å². The van der Waals surface area contributed by atoms with Gasteiger partial charge in [-0.3, -0.25) is 9.89 Å². The molecule has 6 nitrogen and oxygen atoms in total. The van der Waals surface area contributed by atoms with Crippen molar-refractivity contribution in [2.75, 3.05) is 30.8 Å². The fourth-order valence-electron chi connectivity index (χ4n) is 4.52. The van der Waals surface area contributed by atoms with E-state index < -0.39 is 6.17 Å². The van der Waals surface area contributed by atoms with Crippen LogP contribution in [0.15, 0.2) is 66.7 Å². The summed E-state index contributed by atoms with van der Waals surface area (Å²) in [4.78, 5) is 15.2. The number of rotatable bonds is 5. The second-order valence-electron chi connectivity index (χ2n) is 8.65. The van der Waals surface area contributed by atoms with E-state index in [4.69, 9.17) is 0 Å². The number of hydrogen-bond donors (Lipinski definition) is 3. The summed E-state index contributed by atoms with van der Waals surface area (Å²) in [7, 11) is 1.90. The first kappa shape index (κ1) is 22.0. The standard InChI is InChI=1S/C26H25F2N5O/c1-33-13-12-18(22(28)15-33)17-6-2-3-7-19(17)26(34)30-25-20-11-10-16(14-24(20)31-32-25)29-23-9-5-4-8-21(23)27/h2-11,14,18,22,29H,12-13,15H2,1H3,(H2,30,31,32,34)/t18-,22-/m0/s1. The van der Waals surface area contributed by atoms with E-state index in [0.717, 1.165) is 12.1 Å². The van der Waals surface area contributed by atoms with Crippen LogP contribution in [-0.2, 0) is 0 Å². The number of alkyl halides is 1. The molecule has 1 aromatic heterocycles. The first-order valence-corrected chi connectivity index (χ1v) is 11.2. The number of H-pyrrole nitrogens is 1. The van der Waals surface area contributed by atoms with Crippen LogP contribution in [0.4, 0.5) is 26.0 Å². The van der Waals surface area contributed by atoms with Gasteiger partial charge >= 0.3 is 0 Å². The summed E-state index contributed by atoms with van der Waals surface area (Å²) in [5.74, 6) is -0.615. The van der Waals surface area contributed by atoms with Crippen LogP contribution in [0.2, 0.25) is 0 Å². The van der Waals surface area contributed by atoms with Gasteiger partial charge in [0.1, 0.15) is 12.0 Å². The minimum absolute atomic E-state index is 0.318. The normalized spacial score (nSPS) is 18.7. The summed E-state index contributed by atoms with van der Waals surface area (Å²) in [6.07, 6.45) is -0.371. The number of aromatic nitrogens is 2. The van der Waals surface area contributed by atoms with Crippen molar-refractivity contribution in [1.29, 1.82) is 0 Å². The van der Waals surface area contributed by atoms with Gasteiger partial charge in [0.25, 0.3) is 5.91 Å². The highest BCUT2D eigenvalue weighted by molar-refractivity contribution is 6.09. The number of aromatic amines is 1. The third-order valence-corrected chi connectivity index (χ3v) is 6.30. The number of piperidine rings is 1. The molecule has 2 heterocycles. The average Bonchev–Trinajstić information content (AvgIpc) is 3.22. The summed E-state index contributed by atoms with van der Waals surface area (Å²) in [5.41, 5.74) is 2.90. The molecule has 3 N–H and O–H groups in total. The highest BCUT2D eigenvalue weighted by Gasteiger charge is 2.31. The molecule has 1 amide bonds. The van der Waals surface area contributed by atoms with E-state index in [1.54, 1.807) is 48.5 Å². The van der Waals surface area contributed by atoms with E-state index in [1.165, 1.54) is 6.07 Å². The summed E-state index contributed by atoms with van der Waals surface area (Å²) < 4.78 is 28.8. The summed E-state index contributed by atoms with van der Waals surface area (Å²) in [6, 6.07) is 19.0. The number of hydrogen-bond acceptors (Lipinski definition) is 4. The lowest BCUT2D eigenvalue weighted by atomic mass is 9.85. The molecule has 3 aromatic carbocycles. The Balaban J connectivity index is 1.37. The second-order valence-corrected chi connectivity index (χ2v) is 8.65. The molecule has 8 heteroatoms. The third-order valence-electron chi connectivity index (χ3n) is 6.30. The van der Waals surface area contributed by atoms with Crippen molar-refractivity contribution in [1.82, 2.24) is 15.1 Å². The molecule has 0 spiro atoms. The Morgan fingerprint density at radius 2 is 1.91 bits per heavy atom. The molecular weight excluding hydrogens is 436 g/mol. The van der Waals surface area contributed by atoms with Gasteiger partial charge in [0, 0.05) is 29.1 Å². The summed E-state index contributed by atoms with van der Waals surface area (Å²) in [6.45, 7) is 1.14. The zero-order valence-corrected chi connectivity index (χ0v) is 18.7. The first-order chi connectivity index (χ1) is 16.5. The van der Waals surface area contributed by atoms with Crippen molar-refractivity contribution in [3.05, 3.63) is 83.7 Å². The lowest BCUT2D eigenvalue weighted by Crippen LogP contribution is -2.38. The van der Waals surface area contributed by atoms with Gasteiger partial charge in [-0.1, -0.05) is 30.3 Å².